The Labute approximate surface area is 173 Å². The molecular weight excluding hydrogens is 382 g/mol. The Morgan fingerprint density at radius 3 is 2.28 bits per heavy atom. The summed E-state index contributed by atoms with van der Waals surface area (Å²) in [5.41, 5.74) is 4.76. The quantitative estimate of drug-likeness (QED) is 0.503. The lowest BCUT2D eigenvalue weighted by atomic mass is 9.98. The second-order valence-corrected chi connectivity index (χ2v) is 7.78. The van der Waals surface area contributed by atoms with Crippen LogP contribution in [0.4, 0.5) is 4.79 Å². The largest absolute Gasteiger partial charge is 0.449 e. The number of ether oxygens (including phenoxy) is 1. The van der Waals surface area contributed by atoms with Gasteiger partial charge in [-0.15, -0.1) is 11.3 Å². The third-order valence-corrected chi connectivity index (χ3v) is 5.93. The first kappa shape index (κ1) is 19.0. The molecule has 1 aromatic heterocycles. The molecule has 0 atom stereocenters. The van der Waals surface area contributed by atoms with Crippen molar-refractivity contribution in [1.29, 1.82) is 0 Å². The Hall–Kier alpha value is -3.36. The number of hydrogen-bond acceptors (Lipinski definition) is 4. The predicted octanol–water partition coefficient (Wildman–Crippen LogP) is 4.84. The maximum Gasteiger partial charge on any atom is 0.407 e. The Morgan fingerprint density at radius 1 is 1.00 bits per heavy atom. The minimum Gasteiger partial charge on any atom is -0.449 e. The van der Waals surface area contributed by atoms with Crippen LogP contribution in [0, 0.1) is 11.8 Å². The zero-order valence-electron chi connectivity index (χ0n) is 15.9. The van der Waals surface area contributed by atoms with Crippen molar-refractivity contribution in [3.8, 4) is 23.0 Å². The molecule has 0 spiro atoms. The third-order valence-electron chi connectivity index (χ3n) is 4.83. The molecule has 2 aromatic carbocycles. The van der Waals surface area contributed by atoms with E-state index in [1.54, 1.807) is 6.07 Å². The molecule has 0 fully saturated rings. The first-order valence-corrected chi connectivity index (χ1v) is 10.1. The molecule has 0 saturated carbocycles. The van der Waals surface area contributed by atoms with E-state index >= 15 is 0 Å². The number of carbonyl (C=O) groups is 2. The van der Waals surface area contributed by atoms with Crippen LogP contribution in [0.5, 0.6) is 0 Å². The highest BCUT2D eigenvalue weighted by atomic mass is 32.1. The average Bonchev–Trinajstić information content (AvgIpc) is 3.33. The van der Waals surface area contributed by atoms with E-state index in [4.69, 9.17) is 4.74 Å². The van der Waals surface area contributed by atoms with Crippen LogP contribution in [0.2, 0.25) is 0 Å². The lowest BCUT2D eigenvalue weighted by molar-refractivity contribution is 0.102. The van der Waals surface area contributed by atoms with E-state index in [2.05, 4.69) is 41.4 Å². The topological polar surface area (TPSA) is 55.4 Å². The number of hydrogen-bond donors (Lipinski definition) is 1. The van der Waals surface area contributed by atoms with Gasteiger partial charge in [0, 0.05) is 5.92 Å². The Bertz CT molecular complexity index is 1090. The van der Waals surface area contributed by atoms with Gasteiger partial charge >= 0.3 is 6.09 Å². The molecule has 1 aliphatic rings. The van der Waals surface area contributed by atoms with Gasteiger partial charge in [0.25, 0.3) is 0 Å². The van der Waals surface area contributed by atoms with Crippen molar-refractivity contribution in [3.63, 3.8) is 0 Å². The van der Waals surface area contributed by atoms with E-state index in [1.807, 2.05) is 30.3 Å². The van der Waals surface area contributed by atoms with Crippen molar-refractivity contribution >= 4 is 23.2 Å². The van der Waals surface area contributed by atoms with Crippen molar-refractivity contribution in [1.82, 2.24) is 5.32 Å². The van der Waals surface area contributed by atoms with Crippen molar-refractivity contribution in [3.05, 3.63) is 81.5 Å². The molecule has 0 aliphatic heterocycles. The van der Waals surface area contributed by atoms with Crippen LogP contribution in [0.15, 0.2) is 60.7 Å². The van der Waals surface area contributed by atoms with E-state index in [9.17, 15) is 9.59 Å². The van der Waals surface area contributed by atoms with Gasteiger partial charge in [-0.3, -0.25) is 4.79 Å². The molecular formula is C24H19NO3S. The molecule has 0 bridgehead atoms. The first-order valence-electron chi connectivity index (χ1n) is 9.32. The fourth-order valence-corrected chi connectivity index (χ4v) is 4.27. The van der Waals surface area contributed by atoms with Gasteiger partial charge < -0.3 is 10.1 Å². The standard InChI is InChI=1S/C24H19NO3S/c1-16(26)23-13-12-17(29-23)7-6-14-25-24(27)28-15-22-20-10-4-2-8-18(20)19-9-3-5-11-21(19)22/h2-5,8-13,22H,14-15H2,1H3,(H,25,27). The zero-order valence-corrected chi connectivity index (χ0v) is 16.7. The molecule has 3 aromatic rings. The van der Waals surface area contributed by atoms with Gasteiger partial charge in [-0.2, -0.15) is 0 Å². The van der Waals surface area contributed by atoms with Crippen LogP contribution < -0.4 is 5.32 Å². The van der Waals surface area contributed by atoms with E-state index in [0.717, 1.165) is 4.88 Å². The summed E-state index contributed by atoms with van der Waals surface area (Å²) in [5, 5.41) is 2.66. The summed E-state index contributed by atoms with van der Waals surface area (Å²) >= 11 is 1.35. The number of Topliss-reactive ketones (excluding diaryl/α,β-unsaturated/α-hetero) is 1. The molecule has 4 rings (SSSR count). The molecule has 0 saturated heterocycles. The molecule has 1 amide bonds. The summed E-state index contributed by atoms with van der Waals surface area (Å²) < 4.78 is 5.47. The van der Waals surface area contributed by atoms with E-state index in [0.29, 0.717) is 4.88 Å². The fraction of sp³-hybridized carbons (Fsp3) is 0.167. The maximum absolute atomic E-state index is 12.1. The van der Waals surface area contributed by atoms with Crippen LogP contribution in [-0.2, 0) is 4.74 Å². The highest BCUT2D eigenvalue weighted by Gasteiger charge is 2.28. The van der Waals surface area contributed by atoms with Gasteiger partial charge in [0.1, 0.15) is 6.61 Å². The van der Waals surface area contributed by atoms with Gasteiger partial charge in [0.15, 0.2) is 5.78 Å². The van der Waals surface area contributed by atoms with Crippen LogP contribution in [0.25, 0.3) is 11.1 Å². The van der Waals surface area contributed by atoms with E-state index in [1.165, 1.54) is 40.5 Å². The lowest BCUT2D eigenvalue weighted by Crippen LogP contribution is -2.26. The summed E-state index contributed by atoms with van der Waals surface area (Å²) in [7, 11) is 0. The summed E-state index contributed by atoms with van der Waals surface area (Å²) in [6.07, 6.45) is -0.489. The summed E-state index contributed by atoms with van der Waals surface area (Å²) in [4.78, 5) is 24.9. The van der Waals surface area contributed by atoms with Gasteiger partial charge in [-0.25, -0.2) is 4.79 Å². The number of carbonyl (C=O) groups excluding carboxylic acids is 2. The number of amides is 1. The maximum atomic E-state index is 12.1. The average molecular weight is 401 g/mol. The minimum absolute atomic E-state index is 0.0276. The number of thiophene rings is 1. The van der Waals surface area contributed by atoms with Gasteiger partial charge in [0.2, 0.25) is 0 Å². The fourth-order valence-electron chi connectivity index (χ4n) is 3.49. The molecule has 1 aliphatic carbocycles. The second-order valence-electron chi connectivity index (χ2n) is 6.70. The predicted molar refractivity (Wildman–Crippen MR) is 114 cm³/mol. The number of nitrogens with one attached hydrogen (secondary N) is 1. The molecule has 4 nitrogen and oxygen atoms in total. The number of fused-ring (bicyclic) bond motifs is 3. The van der Waals surface area contributed by atoms with Crippen molar-refractivity contribution in [2.45, 2.75) is 12.8 Å². The molecule has 1 N–H and O–H groups in total. The second kappa shape index (κ2) is 8.34. The number of ketones is 1. The Kier molecular flexibility index (Phi) is 5.46. The van der Waals surface area contributed by atoms with Gasteiger partial charge in [-0.05, 0) is 41.3 Å². The molecule has 1 heterocycles. The Balaban J connectivity index is 1.33. The van der Waals surface area contributed by atoms with Gasteiger partial charge in [-0.1, -0.05) is 60.4 Å². The minimum atomic E-state index is -0.489. The number of rotatable bonds is 4. The van der Waals surface area contributed by atoms with Gasteiger partial charge in [0.05, 0.1) is 16.3 Å². The monoisotopic (exact) mass is 401 g/mol. The highest BCUT2D eigenvalue weighted by molar-refractivity contribution is 7.14. The van der Waals surface area contributed by atoms with Crippen LogP contribution in [0.3, 0.4) is 0 Å². The summed E-state index contributed by atoms with van der Waals surface area (Å²) in [6.45, 7) is 1.99. The smallest absolute Gasteiger partial charge is 0.407 e. The highest BCUT2D eigenvalue weighted by Crippen LogP contribution is 2.44. The normalized spacial score (nSPS) is 11.8. The van der Waals surface area contributed by atoms with Crippen molar-refractivity contribution in [2.75, 3.05) is 13.2 Å². The lowest BCUT2D eigenvalue weighted by Gasteiger charge is -2.14. The molecule has 5 heteroatoms. The van der Waals surface area contributed by atoms with Crippen LogP contribution >= 0.6 is 11.3 Å². The van der Waals surface area contributed by atoms with E-state index < -0.39 is 6.09 Å². The molecule has 144 valence electrons. The number of alkyl carbamates (subject to hydrolysis) is 1. The molecule has 0 unspecified atom stereocenters. The molecule has 0 radical (unpaired) electrons. The number of benzene rings is 2. The van der Waals surface area contributed by atoms with Crippen molar-refractivity contribution in [2.24, 2.45) is 0 Å². The SMILES string of the molecule is CC(=O)c1ccc(C#CCNC(=O)OCC2c3ccccc3-c3ccccc32)s1. The van der Waals surface area contributed by atoms with Crippen LogP contribution in [0.1, 0.15) is 38.5 Å². The van der Waals surface area contributed by atoms with Crippen LogP contribution in [-0.4, -0.2) is 25.0 Å². The summed E-state index contributed by atoms with van der Waals surface area (Å²) in [5.74, 6) is 5.89. The third kappa shape index (κ3) is 4.08. The zero-order chi connectivity index (χ0) is 20.2. The summed E-state index contributed by atoms with van der Waals surface area (Å²) in [6, 6.07) is 20.0. The Morgan fingerprint density at radius 2 is 1.66 bits per heavy atom. The molecule has 29 heavy (non-hydrogen) atoms. The van der Waals surface area contributed by atoms with Crippen molar-refractivity contribution < 1.29 is 14.3 Å². The van der Waals surface area contributed by atoms with E-state index in [-0.39, 0.29) is 24.9 Å². The first-order chi connectivity index (χ1) is 14.1.